The van der Waals surface area contributed by atoms with Gasteiger partial charge in [0.2, 0.25) is 10.0 Å². The van der Waals surface area contributed by atoms with Gasteiger partial charge in [-0.25, -0.2) is 13.1 Å². The van der Waals surface area contributed by atoms with Crippen molar-refractivity contribution in [1.82, 2.24) is 4.72 Å². The number of rotatable bonds is 7. The summed E-state index contributed by atoms with van der Waals surface area (Å²) in [5.74, 6) is 0.637. The maximum absolute atomic E-state index is 12.2. The molecule has 0 aliphatic heterocycles. The lowest BCUT2D eigenvalue weighted by atomic mass is 9.86. The van der Waals surface area contributed by atoms with E-state index in [1.54, 1.807) is 6.92 Å². The van der Waals surface area contributed by atoms with Crippen LogP contribution in [0.5, 0.6) is 0 Å². The average molecular weight is 365 g/mol. The highest BCUT2D eigenvalue weighted by Crippen LogP contribution is 2.28. The Balaban J connectivity index is 1.44. The van der Waals surface area contributed by atoms with Crippen LogP contribution in [0.4, 0.5) is 5.69 Å². The smallest absolute Gasteiger partial charge is 0.214 e. The van der Waals surface area contributed by atoms with Crippen LogP contribution >= 0.6 is 0 Å². The summed E-state index contributed by atoms with van der Waals surface area (Å²) in [5.41, 5.74) is 4.26. The monoisotopic (exact) mass is 364 g/mol. The molecule has 0 saturated heterocycles. The second kappa shape index (κ2) is 8.09. The molecule has 2 aliphatic rings. The number of anilines is 1. The average Bonchev–Trinajstić information content (AvgIpc) is 3.07. The Morgan fingerprint density at radius 2 is 1.84 bits per heavy atom. The van der Waals surface area contributed by atoms with E-state index >= 15 is 0 Å². The molecule has 0 amide bonds. The fraction of sp³-hybridized carbons (Fsp3) is 0.700. The Bertz CT molecular complexity index is 679. The first-order valence-corrected chi connectivity index (χ1v) is 11.4. The van der Waals surface area contributed by atoms with Crippen molar-refractivity contribution in [3.05, 3.63) is 29.3 Å². The van der Waals surface area contributed by atoms with Crippen molar-refractivity contribution in [2.75, 3.05) is 11.9 Å². The van der Waals surface area contributed by atoms with Crippen LogP contribution in [0, 0.1) is 5.92 Å². The molecule has 5 heteroatoms. The van der Waals surface area contributed by atoms with Gasteiger partial charge >= 0.3 is 0 Å². The van der Waals surface area contributed by atoms with Gasteiger partial charge < -0.3 is 5.32 Å². The molecule has 1 fully saturated rings. The Morgan fingerprint density at radius 3 is 2.56 bits per heavy atom. The van der Waals surface area contributed by atoms with Crippen molar-refractivity contribution in [2.45, 2.75) is 76.5 Å². The molecule has 1 aromatic carbocycles. The highest BCUT2D eigenvalue weighted by molar-refractivity contribution is 7.90. The Hall–Kier alpha value is -1.07. The van der Waals surface area contributed by atoms with Gasteiger partial charge in [0.05, 0.1) is 5.25 Å². The zero-order valence-electron chi connectivity index (χ0n) is 15.6. The Kier molecular flexibility index (Phi) is 6.05. The quantitative estimate of drug-likeness (QED) is 0.772. The van der Waals surface area contributed by atoms with E-state index in [4.69, 9.17) is 0 Å². The third-order valence-corrected chi connectivity index (χ3v) is 8.03. The van der Waals surface area contributed by atoms with Crippen molar-refractivity contribution in [3.8, 4) is 0 Å². The predicted molar refractivity (Wildman–Crippen MR) is 105 cm³/mol. The Labute approximate surface area is 152 Å². The van der Waals surface area contributed by atoms with Gasteiger partial charge in [-0.3, -0.25) is 0 Å². The standard InChI is InChI=1S/C20H32N2O2S/c1-3-15(2)25(23,24)22-19-10-7-16(8-11-19)14-21-20-12-9-17-5-4-6-18(17)13-20/h9,12-13,15-16,19,21-22H,3-8,10-11,14H2,1-2H3/t15?,16-,19-. The first-order valence-electron chi connectivity index (χ1n) is 9.84. The lowest BCUT2D eigenvalue weighted by molar-refractivity contribution is 0.323. The second-order valence-corrected chi connectivity index (χ2v) is 9.95. The van der Waals surface area contributed by atoms with Crippen LogP contribution in [0.3, 0.4) is 0 Å². The van der Waals surface area contributed by atoms with Crippen molar-refractivity contribution >= 4 is 15.7 Å². The lowest BCUT2D eigenvalue weighted by Gasteiger charge is -2.30. The summed E-state index contributed by atoms with van der Waals surface area (Å²) >= 11 is 0. The molecule has 0 spiro atoms. The topological polar surface area (TPSA) is 58.2 Å². The number of benzene rings is 1. The molecule has 0 bridgehead atoms. The van der Waals surface area contributed by atoms with E-state index < -0.39 is 10.0 Å². The molecule has 3 rings (SSSR count). The van der Waals surface area contributed by atoms with Crippen LogP contribution < -0.4 is 10.0 Å². The van der Waals surface area contributed by atoms with Crippen molar-refractivity contribution in [3.63, 3.8) is 0 Å². The first kappa shape index (κ1) is 18.7. The molecule has 0 aromatic heterocycles. The minimum Gasteiger partial charge on any atom is -0.385 e. The van der Waals surface area contributed by atoms with Gasteiger partial charge in [-0.05, 0) is 87.5 Å². The number of nitrogens with one attached hydrogen (secondary N) is 2. The molecule has 2 aliphatic carbocycles. The number of aryl methyl sites for hydroxylation is 2. The molecule has 1 aromatic rings. The summed E-state index contributed by atoms with van der Waals surface area (Å²) in [6.07, 6.45) is 8.47. The predicted octanol–water partition coefficient (Wildman–Crippen LogP) is 3.86. The van der Waals surface area contributed by atoms with Gasteiger partial charge in [0.15, 0.2) is 0 Å². The van der Waals surface area contributed by atoms with Crippen LogP contribution in [0.2, 0.25) is 0 Å². The number of hydrogen-bond donors (Lipinski definition) is 2. The molecular weight excluding hydrogens is 332 g/mol. The van der Waals surface area contributed by atoms with Gasteiger partial charge in [0.1, 0.15) is 0 Å². The summed E-state index contributed by atoms with van der Waals surface area (Å²) in [6.45, 7) is 4.70. The highest BCUT2D eigenvalue weighted by atomic mass is 32.2. The van der Waals surface area contributed by atoms with Crippen LogP contribution in [0.15, 0.2) is 18.2 Å². The van der Waals surface area contributed by atoms with Gasteiger partial charge in [-0.1, -0.05) is 13.0 Å². The first-order chi connectivity index (χ1) is 12.0. The maximum atomic E-state index is 12.2. The fourth-order valence-corrected chi connectivity index (χ4v) is 5.37. The van der Waals surface area contributed by atoms with Crippen molar-refractivity contribution in [1.29, 1.82) is 0 Å². The summed E-state index contributed by atoms with van der Waals surface area (Å²) < 4.78 is 27.3. The second-order valence-electron chi connectivity index (χ2n) is 7.82. The van der Waals surface area contributed by atoms with E-state index in [0.717, 1.165) is 32.2 Å². The zero-order valence-corrected chi connectivity index (χ0v) is 16.4. The molecule has 140 valence electrons. The highest BCUT2D eigenvalue weighted by Gasteiger charge is 2.27. The molecule has 0 heterocycles. The third kappa shape index (κ3) is 4.76. The molecule has 1 saturated carbocycles. The van der Waals surface area contributed by atoms with Gasteiger partial charge in [-0.2, -0.15) is 0 Å². The number of sulfonamides is 1. The van der Waals surface area contributed by atoms with E-state index in [9.17, 15) is 8.42 Å². The van der Waals surface area contributed by atoms with Crippen molar-refractivity contribution in [2.24, 2.45) is 5.92 Å². The van der Waals surface area contributed by atoms with E-state index in [1.807, 2.05) is 6.92 Å². The molecule has 25 heavy (non-hydrogen) atoms. The van der Waals surface area contributed by atoms with E-state index in [1.165, 1.54) is 36.1 Å². The SMILES string of the molecule is CCC(C)S(=O)(=O)N[C@H]1CC[C@H](CNc2ccc3c(c2)CCC3)CC1. The van der Waals surface area contributed by atoms with Gasteiger partial charge in [0.25, 0.3) is 0 Å². The fourth-order valence-electron chi connectivity index (χ4n) is 4.00. The molecule has 1 atom stereocenters. The van der Waals surface area contributed by atoms with Crippen LogP contribution in [0.1, 0.15) is 63.5 Å². The summed E-state index contributed by atoms with van der Waals surface area (Å²) in [4.78, 5) is 0. The van der Waals surface area contributed by atoms with Gasteiger partial charge in [0, 0.05) is 18.3 Å². The molecule has 1 unspecified atom stereocenters. The van der Waals surface area contributed by atoms with E-state index in [-0.39, 0.29) is 11.3 Å². The van der Waals surface area contributed by atoms with Crippen LogP contribution in [-0.4, -0.2) is 26.3 Å². The van der Waals surface area contributed by atoms with E-state index in [2.05, 4.69) is 28.2 Å². The number of hydrogen-bond acceptors (Lipinski definition) is 3. The molecule has 0 radical (unpaired) electrons. The van der Waals surface area contributed by atoms with E-state index in [0.29, 0.717) is 12.3 Å². The van der Waals surface area contributed by atoms with Crippen LogP contribution in [-0.2, 0) is 22.9 Å². The minimum atomic E-state index is -3.15. The summed E-state index contributed by atoms with van der Waals surface area (Å²) in [6, 6.07) is 6.91. The van der Waals surface area contributed by atoms with Crippen LogP contribution in [0.25, 0.3) is 0 Å². The maximum Gasteiger partial charge on any atom is 0.214 e. The minimum absolute atomic E-state index is 0.121. The molecule has 4 nitrogen and oxygen atoms in total. The lowest BCUT2D eigenvalue weighted by Crippen LogP contribution is -2.42. The normalized spacial score (nSPS) is 24.7. The molecular formula is C20H32N2O2S. The van der Waals surface area contributed by atoms with Gasteiger partial charge in [-0.15, -0.1) is 0 Å². The third-order valence-electron chi connectivity index (χ3n) is 5.98. The Morgan fingerprint density at radius 1 is 1.12 bits per heavy atom. The summed E-state index contributed by atoms with van der Waals surface area (Å²) in [5, 5.41) is 3.30. The zero-order chi connectivity index (χ0) is 17.9. The number of fused-ring (bicyclic) bond motifs is 1. The molecule has 2 N–H and O–H groups in total. The largest absolute Gasteiger partial charge is 0.385 e. The van der Waals surface area contributed by atoms with Crippen molar-refractivity contribution < 1.29 is 8.42 Å². The summed E-state index contributed by atoms with van der Waals surface area (Å²) in [7, 11) is -3.15.